The molecule has 0 atom stereocenters. The zero-order valence-corrected chi connectivity index (χ0v) is 16.3. The predicted molar refractivity (Wildman–Crippen MR) is 108 cm³/mol. The van der Waals surface area contributed by atoms with Gasteiger partial charge in [0.2, 0.25) is 0 Å². The van der Waals surface area contributed by atoms with Crippen molar-refractivity contribution in [1.29, 1.82) is 0 Å². The van der Waals surface area contributed by atoms with E-state index in [1.165, 1.54) is 45.5 Å². The Morgan fingerprint density at radius 2 is 1.42 bits per heavy atom. The number of fused-ring (bicyclic) bond motifs is 5. The number of benzene rings is 2. The van der Waals surface area contributed by atoms with Gasteiger partial charge in [-0.15, -0.1) is 0 Å². The lowest BCUT2D eigenvalue weighted by atomic mass is 9.63. The lowest BCUT2D eigenvalue weighted by Crippen LogP contribution is -2.33. The molecule has 0 N–H and O–H groups in total. The zero-order chi connectivity index (χ0) is 18.3. The lowest BCUT2D eigenvalue weighted by Gasteiger charge is -2.41. The average Bonchev–Trinajstić information content (AvgIpc) is 2.93. The highest BCUT2D eigenvalue weighted by molar-refractivity contribution is 6.10. The number of nitrogens with zero attached hydrogens (tertiary/aromatic N) is 1. The molecule has 0 fully saturated rings. The second kappa shape index (κ2) is 4.88. The van der Waals surface area contributed by atoms with E-state index in [4.69, 9.17) is 4.42 Å². The van der Waals surface area contributed by atoms with Gasteiger partial charge in [0.05, 0.1) is 0 Å². The number of aryl methyl sites for hydroxylation is 1. The number of hydrogen-bond acceptors (Lipinski definition) is 1. The maximum atomic E-state index is 6.31. The first-order chi connectivity index (χ1) is 12.2. The SMILES string of the molecule is C[n+]1ccc2cc3oc4cc5c(cc4c3cc2c1)C(C)(C)CCC5(C)C. The summed E-state index contributed by atoms with van der Waals surface area (Å²) in [7, 11) is 2.07. The van der Waals surface area contributed by atoms with E-state index in [2.05, 4.69) is 82.0 Å². The third-order valence-electron chi connectivity index (χ3n) is 6.48. The molecule has 0 unspecified atom stereocenters. The molecule has 2 heteroatoms. The first-order valence-electron chi connectivity index (χ1n) is 9.55. The van der Waals surface area contributed by atoms with Gasteiger partial charge in [0.25, 0.3) is 0 Å². The third-order valence-corrected chi connectivity index (χ3v) is 6.48. The van der Waals surface area contributed by atoms with Crippen LogP contribution in [0.1, 0.15) is 51.7 Å². The Morgan fingerprint density at radius 3 is 2.15 bits per heavy atom. The van der Waals surface area contributed by atoms with Crippen LogP contribution in [0.2, 0.25) is 0 Å². The molecule has 2 nitrogen and oxygen atoms in total. The molecule has 1 aliphatic carbocycles. The van der Waals surface area contributed by atoms with Gasteiger partial charge in [0.15, 0.2) is 12.4 Å². The molecule has 0 aliphatic heterocycles. The van der Waals surface area contributed by atoms with Gasteiger partial charge < -0.3 is 4.42 Å². The van der Waals surface area contributed by atoms with Crippen LogP contribution < -0.4 is 4.57 Å². The van der Waals surface area contributed by atoms with Gasteiger partial charge in [-0.3, -0.25) is 0 Å². The van der Waals surface area contributed by atoms with Gasteiger partial charge in [0.1, 0.15) is 18.2 Å². The minimum absolute atomic E-state index is 0.205. The number of pyridine rings is 1. The smallest absolute Gasteiger partial charge is 0.176 e. The van der Waals surface area contributed by atoms with E-state index in [-0.39, 0.29) is 10.8 Å². The fourth-order valence-electron chi connectivity index (χ4n) is 4.63. The Kier molecular flexibility index (Phi) is 2.98. The number of aromatic nitrogens is 1. The second-order valence-electron chi connectivity index (χ2n) is 9.35. The van der Waals surface area contributed by atoms with Crippen molar-refractivity contribution in [3.63, 3.8) is 0 Å². The summed E-state index contributed by atoms with van der Waals surface area (Å²) in [4.78, 5) is 0. The minimum Gasteiger partial charge on any atom is -0.456 e. The number of furan rings is 1. The van der Waals surface area contributed by atoms with Crippen LogP contribution in [-0.4, -0.2) is 0 Å². The van der Waals surface area contributed by atoms with Crippen molar-refractivity contribution < 1.29 is 8.98 Å². The van der Waals surface area contributed by atoms with Crippen molar-refractivity contribution in [3.05, 3.63) is 53.9 Å². The van der Waals surface area contributed by atoms with Crippen molar-refractivity contribution in [2.45, 2.75) is 51.4 Å². The van der Waals surface area contributed by atoms with Gasteiger partial charge >= 0.3 is 0 Å². The van der Waals surface area contributed by atoms with Crippen LogP contribution in [0, 0.1) is 0 Å². The average molecular weight is 344 g/mol. The number of hydrogen-bond donors (Lipinski definition) is 0. The maximum absolute atomic E-state index is 6.31. The summed E-state index contributed by atoms with van der Waals surface area (Å²) < 4.78 is 8.41. The van der Waals surface area contributed by atoms with Gasteiger partial charge in [-0.1, -0.05) is 27.7 Å². The Balaban J connectivity index is 1.89. The Morgan fingerprint density at radius 1 is 0.808 bits per heavy atom. The second-order valence-corrected chi connectivity index (χ2v) is 9.35. The first-order valence-corrected chi connectivity index (χ1v) is 9.55. The molecule has 4 aromatic rings. The summed E-state index contributed by atoms with van der Waals surface area (Å²) in [5, 5.41) is 4.95. The van der Waals surface area contributed by atoms with Crippen molar-refractivity contribution in [2.75, 3.05) is 0 Å². The molecule has 0 amide bonds. The molecule has 0 saturated carbocycles. The van der Waals surface area contributed by atoms with Crippen LogP contribution in [0.15, 0.2) is 47.1 Å². The molecule has 26 heavy (non-hydrogen) atoms. The van der Waals surface area contributed by atoms with Gasteiger partial charge in [-0.05, 0) is 64.5 Å². The van der Waals surface area contributed by atoms with E-state index in [1.54, 1.807) is 0 Å². The molecular formula is C24H26NO+. The zero-order valence-electron chi connectivity index (χ0n) is 16.3. The van der Waals surface area contributed by atoms with Gasteiger partial charge in [-0.25, -0.2) is 4.57 Å². The standard InChI is InChI=1S/C24H26NO/c1-23(2)7-8-24(3,4)20-13-22-18(12-19(20)23)17-10-16-14-25(5)9-6-15(16)11-21(17)26-22/h6,9-14H,7-8H2,1-5H3/q+1. The van der Waals surface area contributed by atoms with Crippen LogP contribution in [0.3, 0.4) is 0 Å². The molecule has 0 spiro atoms. The topological polar surface area (TPSA) is 17.0 Å². The molecular weight excluding hydrogens is 318 g/mol. The van der Waals surface area contributed by atoms with Gasteiger partial charge in [0, 0.05) is 22.2 Å². The summed E-state index contributed by atoms with van der Waals surface area (Å²) in [5.74, 6) is 0. The van der Waals surface area contributed by atoms with Crippen LogP contribution in [0.25, 0.3) is 32.7 Å². The van der Waals surface area contributed by atoms with E-state index < -0.39 is 0 Å². The van der Waals surface area contributed by atoms with Crippen molar-refractivity contribution >= 4 is 32.7 Å². The highest BCUT2D eigenvalue weighted by atomic mass is 16.3. The summed E-state index contributed by atoms with van der Waals surface area (Å²) in [6.45, 7) is 9.49. The Bertz CT molecular complexity index is 1190. The van der Waals surface area contributed by atoms with Gasteiger partial charge in [-0.2, -0.15) is 0 Å². The van der Waals surface area contributed by atoms with E-state index in [1.807, 2.05) is 0 Å². The largest absolute Gasteiger partial charge is 0.456 e. The molecule has 132 valence electrons. The fourth-order valence-corrected chi connectivity index (χ4v) is 4.63. The third kappa shape index (κ3) is 2.14. The van der Waals surface area contributed by atoms with Crippen molar-refractivity contribution in [3.8, 4) is 0 Å². The summed E-state index contributed by atoms with van der Waals surface area (Å²) >= 11 is 0. The monoisotopic (exact) mass is 344 g/mol. The highest BCUT2D eigenvalue weighted by Crippen LogP contribution is 2.48. The summed E-state index contributed by atoms with van der Waals surface area (Å²) in [6, 6.07) is 11.3. The van der Waals surface area contributed by atoms with Crippen LogP contribution in [0.4, 0.5) is 0 Å². The minimum atomic E-state index is 0.205. The molecule has 2 aromatic carbocycles. The quantitative estimate of drug-likeness (QED) is 0.362. The molecule has 5 rings (SSSR count). The molecule has 2 heterocycles. The maximum Gasteiger partial charge on any atom is 0.176 e. The van der Waals surface area contributed by atoms with Crippen molar-refractivity contribution in [1.82, 2.24) is 0 Å². The van der Waals surface area contributed by atoms with Crippen LogP contribution in [-0.2, 0) is 17.9 Å². The molecule has 0 bridgehead atoms. The Hall–Kier alpha value is -2.35. The van der Waals surface area contributed by atoms with E-state index in [0.717, 1.165) is 11.2 Å². The van der Waals surface area contributed by atoms with E-state index >= 15 is 0 Å². The van der Waals surface area contributed by atoms with Crippen molar-refractivity contribution in [2.24, 2.45) is 7.05 Å². The predicted octanol–water partition coefficient (Wildman–Crippen LogP) is 5.91. The summed E-state index contributed by atoms with van der Waals surface area (Å²) in [6.07, 6.45) is 6.71. The molecule has 2 aromatic heterocycles. The first kappa shape index (κ1) is 15.9. The Labute approximate surface area is 154 Å². The normalized spacial score (nSPS) is 18.5. The van der Waals surface area contributed by atoms with Crippen LogP contribution >= 0.6 is 0 Å². The van der Waals surface area contributed by atoms with E-state index in [0.29, 0.717) is 0 Å². The lowest BCUT2D eigenvalue weighted by molar-refractivity contribution is -0.670. The molecule has 0 saturated heterocycles. The highest BCUT2D eigenvalue weighted by Gasteiger charge is 2.37. The summed E-state index contributed by atoms with van der Waals surface area (Å²) in [5.41, 5.74) is 5.37. The van der Waals surface area contributed by atoms with Crippen LogP contribution in [0.5, 0.6) is 0 Å². The number of rotatable bonds is 0. The fraction of sp³-hybridized carbons (Fsp3) is 0.375. The van der Waals surface area contributed by atoms with E-state index in [9.17, 15) is 0 Å². The molecule has 0 radical (unpaired) electrons. The molecule has 1 aliphatic rings.